The summed E-state index contributed by atoms with van der Waals surface area (Å²) in [5.74, 6) is 0.968. The summed E-state index contributed by atoms with van der Waals surface area (Å²) in [7, 11) is 0. The van der Waals surface area contributed by atoms with E-state index in [9.17, 15) is 20.1 Å². The molecule has 2 aliphatic carbocycles. The summed E-state index contributed by atoms with van der Waals surface area (Å²) in [5.41, 5.74) is 0.679. The summed E-state index contributed by atoms with van der Waals surface area (Å²) in [5, 5.41) is 35.1. The Morgan fingerprint density at radius 2 is 1.90 bits per heavy atom. The highest BCUT2D eigenvalue weighted by Crippen LogP contribution is 2.67. The van der Waals surface area contributed by atoms with Crippen LogP contribution in [0.5, 0.6) is 11.5 Å². The van der Waals surface area contributed by atoms with Gasteiger partial charge in [0.1, 0.15) is 17.1 Å². The lowest BCUT2D eigenvalue weighted by Crippen LogP contribution is -2.69. The second-order valence-corrected chi connectivity index (χ2v) is 10.6. The van der Waals surface area contributed by atoms with Crippen LogP contribution >= 0.6 is 0 Å². The number of amides is 1. The van der Waals surface area contributed by atoms with E-state index in [0.717, 1.165) is 24.0 Å². The number of carbonyl (C=O) groups excluding carboxylic acids is 1. The number of carbonyl (C=O) groups is 1. The maximum absolute atomic E-state index is 12.2. The highest BCUT2D eigenvalue weighted by molar-refractivity contribution is 6.00. The van der Waals surface area contributed by atoms with Crippen LogP contribution in [0, 0.1) is 22.7 Å². The van der Waals surface area contributed by atoms with Crippen LogP contribution in [0.2, 0.25) is 0 Å². The third-order valence-corrected chi connectivity index (χ3v) is 8.94. The van der Waals surface area contributed by atoms with Gasteiger partial charge in [0, 0.05) is 29.5 Å². The summed E-state index contributed by atoms with van der Waals surface area (Å²) < 4.78 is 6.82. The molecule has 0 unspecified atom stereocenters. The van der Waals surface area contributed by atoms with E-state index < -0.39 is 23.2 Å². The fourth-order valence-electron chi connectivity index (χ4n) is 7.32. The third kappa shape index (κ3) is 2.17. The Hall–Kier alpha value is -1.79. The Kier molecular flexibility index (Phi) is 3.75. The largest absolute Gasteiger partial charge is 0.508 e. The number of hydrogen-bond donors (Lipinski definition) is 4. The molecule has 2 heterocycles. The first-order valence-electron chi connectivity index (χ1n) is 10.7. The van der Waals surface area contributed by atoms with Gasteiger partial charge in [0.15, 0.2) is 0 Å². The molecule has 1 amide bonds. The van der Waals surface area contributed by atoms with Crippen molar-refractivity contribution in [2.24, 2.45) is 22.7 Å². The molecule has 0 radical (unpaired) electrons. The Morgan fingerprint density at radius 1 is 1.17 bits per heavy atom. The SMILES string of the molecule is C[C@@H]1CC[C@H]2C(C)(C)[C@H](O)[C@H](O)C[C@]2(C)[C@@]12Cc1c(O)cc3c(c1O2)CNC3=O. The normalized spacial score (nSPS) is 42.1. The van der Waals surface area contributed by atoms with Gasteiger partial charge in [0.05, 0.1) is 17.8 Å². The number of rotatable bonds is 0. The third-order valence-electron chi connectivity index (χ3n) is 8.94. The van der Waals surface area contributed by atoms with E-state index in [1.54, 1.807) is 6.07 Å². The fourth-order valence-corrected chi connectivity index (χ4v) is 7.32. The van der Waals surface area contributed by atoms with Gasteiger partial charge in [0.2, 0.25) is 0 Å². The van der Waals surface area contributed by atoms with Crippen molar-refractivity contribution in [3.63, 3.8) is 0 Å². The second kappa shape index (κ2) is 5.67. The molecule has 1 spiro atoms. The zero-order valence-corrected chi connectivity index (χ0v) is 17.6. The summed E-state index contributed by atoms with van der Waals surface area (Å²) in [4.78, 5) is 12.2. The molecule has 0 bridgehead atoms. The van der Waals surface area contributed by atoms with Crippen molar-refractivity contribution >= 4 is 5.91 Å². The van der Waals surface area contributed by atoms with E-state index in [1.807, 2.05) is 13.8 Å². The number of aliphatic hydroxyl groups is 2. The Morgan fingerprint density at radius 3 is 2.62 bits per heavy atom. The molecule has 4 N–H and O–H groups in total. The van der Waals surface area contributed by atoms with Gasteiger partial charge in [-0.25, -0.2) is 0 Å². The molecule has 6 heteroatoms. The molecule has 5 rings (SSSR count). The maximum Gasteiger partial charge on any atom is 0.252 e. The number of phenolic OH excluding ortho intramolecular Hbond substituents is 1. The van der Waals surface area contributed by atoms with Crippen molar-refractivity contribution in [3.8, 4) is 11.5 Å². The first-order chi connectivity index (χ1) is 13.5. The Bertz CT molecular complexity index is 911. The van der Waals surface area contributed by atoms with Crippen molar-refractivity contribution in [3.05, 3.63) is 22.8 Å². The molecule has 2 saturated carbocycles. The van der Waals surface area contributed by atoms with Gasteiger partial charge in [-0.3, -0.25) is 4.79 Å². The topological polar surface area (TPSA) is 99.0 Å². The van der Waals surface area contributed by atoms with Gasteiger partial charge in [-0.15, -0.1) is 0 Å². The maximum atomic E-state index is 12.2. The van der Waals surface area contributed by atoms with Crippen molar-refractivity contribution in [2.75, 3.05) is 0 Å². The standard InChI is InChI=1S/C23H31NO5/c1-11-5-6-17-21(2,3)19(27)16(26)9-22(17,4)23(11)8-13-15(25)7-12-14(18(13)29-23)10-24-20(12)28/h7,11,16-17,19,25-27H,5-6,8-10H2,1-4H3,(H,24,28)/t11-,16-,17+,19-,22+,23-/m1/s1. The van der Waals surface area contributed by atoms with Crippen LogP contribution in [-0.4, -0.2) is 39.0 Å². The van der Waals surface area contributed by atoms with Crippen LogP contribution in [0.4, 0.5) is 0 Å². The average molecular weight is 402 g/mol. The zero-order valence-electron chi connectivity index (χ0n) is 17.6. The van der Waals surface area contributed by atoms with Crippen molar-refractivity contribution in [2.45, 2.75) is 77.7 Å². The molecular weight excluding hydrogens is 370 g/mol. The number of aliphatic hydroxyl groups excluding tert-OH is 2. The van der Waals surface area contributed by atoms with E-state index in [-0.39, 0.29) is 28.9 Å². The lowest BCUT2D eigenvalue weighted by molar-refractivity contribution is -0.240. The summed E-state index contributed by atoms with van der Waals surface area (Å²) in [6.07, 6.45) is 1.36. The molecule has 29 heavy (non-hydrogen) atoms. The van der Waals surface area contributed by atoms with Gasteiger partial charge in [-0.1, -0.05) is 27.7 Å². The van der Waals surface area contributed by atoms with E-state index in [1.165, 1.54) is 0 Å². The second-order valence-electron chi connectivity index (χ2n) is 10.6. The van der Waals surface area contributed by atoms with E-state index in [0.29, 0.717) is 30.7 Å². The van der Waals surface area contributed by atoms with Gasteiger partial charge >= 0.3 is 0 Å². The van der Waals surface area contributed by atoms with Crippen LogP contribution in [0.1, 0.15) is 68.4 Å². The van der Waals surface area contributed by atoms with Crippen molar-refractivity contribution in [1.82, 2.24) is 5.32 Å². The van der Waals surface area contributed by atoms with Crippen LogP contribution in [0.15, 0.2) is 6.07 Å². The first kappa shape index (κ1) is 19.2. The van der Waals surface area contributed by atoms with E-state index >= 15 is 0 Å². The van der Waals surface area contributed by atoms with Crippen molar-refractivity contribution < 1.29 is 24.9 Å². The lowest BCUT2D eigenvalue weighted by atomic mass is 9.43. The number of ether oxygens (including phenoxy) is 1. The van der Waals surface area contributed by atoms with Gasteiger partial charge in [-0.05, 0) is 42.6 Å². The minimum absolute atomic E-state index is 0.112. The van der Waals surface area contributed by atoms with E-state index in [2.05, 4.69) is 19.2 Å². The number of nitrogens with one attached hydrogen (secondary N) is 1. The van der Waals surface area contributed by atoms with Crippen LogP contribution < -0.4 is 10.1 Å². The molecule has 1 aromatic rings. The van der Waals surface area contributed by atoms with Gasteiger partial charge in [-0.2, -0.15) is 0 Å². The number of phenols is 1. The molecule has 1 aromatic carbocycles. The first-order valence-corrected chi connectivity index (χ1v) is 10.7. The quantitative estimate of drug-likeness (QED) is 0.535. The minimum Gasteiger partial charge on any atom is -0.508 e. The number of fused-ring (bicyclic) bond motifs is 5. The van der Waals surface area contributed by atoms with E-state index in [4.69, 9.17) is 4.74 Å². The molecule has 0 aromatic heterocycles. The highest BCUT2D eigenvalue weighted by Gasteiger charge is 2.68. The fraction of sp³-hybridized carbons (Fsp3) is 0.696. The molecule has 0 saturated heterocycles. The van der Waals surface area contributed by atoms with Gasteiger partial charge in [0.25, 0.3) is 5.91 Å². The monoisotopic (exact) mass is 401 g/mol. The Labute approximate surface area is 171 Å². The molecule has 2 aliphatic heterocycles. The zero-order chi connectivity index (χ0) is 20.9. The molecule has 2 fully saturated rings. The number of aromatic hydroxyl groups is 1. The highest BCUT2D eigenvalue weighted by atomic mass is 16.5. The molecular formula is C23H31NO5. The van der Waals surface area contributed by atoms with Gasteiger partial charge < -0.3 is 25.4 Å². The van der Waals surface area contributed by atoms with Crippen LogP contribution in [0.25, 0.3) is 0 Å². The summed E-state index contributed by atoms with van der Waals surface area (Å²) in [6, 6.07) is 1.57. The molecule has 6 atom stereocenters. The Balaban J connectivity index is 1.66. The minimum atomic E-state index is -0.816. The molecule has 6 nitrogen and oxygen atoms in total. The lowest BCUT2D eigenvalue weighted by Gasteiger charge is -2.64. The number of benzene rings is 1. The summed E-state index contributed by atoms with van der Waals surface area (Å²) in [6.45, 7) is 8.89. The number of hydrogen-bond acceptors (Lipinski definition) is 5. The average Bonchev–Trinajstić information content (AvgIpc) is 3.22. The van der Waals surface area contributed by atoms with Crippen LogP contribution in [0.3, 0.4) is 0 Å². The molecule has 158 valence electrons. The smallest absolute Gasteiger partial charge is 0.252 e. The predicted molar refractivity (Wildman–Crippen MR) is 107 cm³/mol. The summed E-state index contributed by atoms with van der Waals surface area (Å²) >= 11 is 0. The molecule has 4 aliphatic rings. The van der Waals surface area contributed by atoms with Crippen molar-refractivity contribution in [1.29, 1.82) is 0 Å². The predicted octanol–water partition coefficient (Wildman–Crippen LogP) is 2.51. The van der Waals surface area contributed by atoms with Crippen LogP contribution in [-0.2, 0) is 13.0 Å².